The summed E-state index contributed by atoms with van der Waals surface area (Å²) >= 11 is 0. The zero-order valence-electron chi connectivity index (χ0n) is 7.77. The van der Waals surface area contributed by atoms with Crippen molar-refractivity contribution in [3.05, 3.63) is 30.2 Å². The molecule has 0 aliphatic carbocycles. The van der Waals surface area contributed by atoms with Crippen molar-refractivity contribution in [2.24, 2.45) is 5.73 Å². The van der Waals surface area contributed by atoms with Crippen LogP contribution in [0.1, 0.15) is 12.0 Å². The smallest absolute Gasteiger partial charge is 0.177 e. The quantitative estimate of drug-likeness (QED) is 0.763. The maximum absolute atomic E-state index is 5.38. The summed E-state index contributed by atoms with van der Waals surface area (Å²) in [6.07, 6.45) is 8.39. The van der Waals surface area contributed by atoms with Gasteiger partial charge in [0.25, 0.3) is 0 Å². The van der Waals surface area contributed by atoms with Gasteiger partial charge in [-0.1, -0.05) is 12.2 Å². The first-order valence-electron chi connectivity index (χ1n) is 4.56. The molecule has 2 aromatic rings. The predicted octanol–water partition coefficient (Wildman–Crippen LogP) is 1.32. The molecule has 0 atom stereocenters. The van der Waals surface area contributed by atoms with Crippen molar-refractivity contribution in [1.82, 2.24) is 15.0 Å². The summed E-state index contributed by atoms with van der Waals surface area (Å²) < 4.78 is 0. The predicted molar refractivity (Wildman–Crippen MR) is 56.6 cm³/mol. The average molecular weight is 188 g/mol. The van der Waals surface area contributed by atoms with Gasteiger partial charge in [-0.3, -0.25) is 0 Å². The van der Waals surface area contributed by atoms with Crippen molar-refractivity contribution in [3.63, 3.8) is 0 Å². The van der Waals surface area contributed by atoms with Gasteiger partial charge in [-0.25, -0.2) is 9.97 Å². The molecule has 4 nitrogen and oxygen atoms in total. The highest BCUT2D eigenvalue weighted by Gasteiger charge is 1.96. The van der Waals surface area contributed by atoms with Gasteiger partial charge >= 0.3 is 0 Å². The summed E-state index contributed by atoms with van der Waals surface area (Å²) in [5.41, 5.74) is 8.16. The van der Waals surface area contributed by atoms with Crippen LogP contribution in [0.5, 0.6) is 0 Å². The molecule has 0 aromatic carbocycles. The van der Waals surface area contributed by atoms with E-state index in [-0.39, 0.29) is 0 Å². The van der Waals surface area contributed by atoms with Crippen LogP contribution >= 0.6 is 0 Å². The van der Waals surface area contributed by atoms with Crippen LogP contribution in [0, 0.1) is 0 Å². The molecule has 0 saturated carbocycles. The van der Waals surface area contributed by atoms with E-state index in [0.717, 1.165) is 23.1 Å². The molecule has 2 rings (SSSR count). The Morgan fingerprint density at radius 3 is 3.21 bits per heavy atom. The number of aromatic amines is 1. The summed E-state index contributed by atoms with van der Waals surface area (Å²) in [5, 5.41) is 0. The lowest BCUT2D eigenvalue weighted by Gasteiger charge is -1.92. The molecule has 4 heteroatoms. The summed E-state index contributed by atoms with van der Waals surface area (Å²) in [7, 11) is 0. The average Bonchev–Trinajstić information content (AvgIpc) is 2.65. The number of imidazole rings is 1. The molecule has 0 fully saturated rings. The molecule has 2 aromatic heterocycles. The highest BCUT2D eigenvalue weighted by atomic mass is 14.9. The molecular formula is C10H12N4. The third-order valence-electron chi connectivity index (χ3n) is 1.94. The second kappa shape index (κ2) is 4.02. The fourth-order valence-electron chi connectivity index (χ4n) is 1.25. The number of nitrogens with zero attached hydrogens (tertiary/aromatic N) is 2. The van der Waals surface area contributed by atoms with E-state index in [4.69, 9.17) is 5.73 Å². The normalized spacial score (nSPS) is 11.5. The molecule has 0 unspecified atom stereocenters. The Labute approximate surface area is 81.9 Å². The Morgan fingerprint density at radius 2 is 2.36 bits per heavy atom. The standard InChI is InChI=1S/C10H12N4/c11-4-2-1-3-8-5-9-10(12-6-8)14-7-13-9/h1,3,5-7H,2,4,11H2,(H,12,13,14). The zero-order chi connectivity index (χ0) is 9.80. The number of pyridine rings is 1. The maximum atomic E-state index is 5.38. The van der Waals surface area contributed by atoms with Crippen molar-refractivity contribution >= 4 is 17.2 Å². The molecule has 0 amide bonds. The number of hydrogen-bond donors (Lipinski definition) is 2. The zero-order valence-corrected chi connectivity index (χ0v) is 7.77. The van der Waals surface area contributed by atoms with Gasteiger partial charge in [0, 0.05) is 6.20 Å². The first-order valence-corrected chi connectivity index (χ1v) is 4.56. The van der Waals surface area contributed by atoms with Crippen molar-refractivity contribution in [3.8, 4) is 0 Å². The van der Waals surface area contributed by atoms with Crippen molar-refractivity contribution in [2.75, 3.05) is 6.54 Å². The summed E-state index contributed by atoms with van der Waals surface area (Å²) in [6.45, 7) is 0.677. The largest absolute Gasteiger partial charge is 0.343 e. The van der Waals surface area contributed by atoms with Crippen molar-refractivity contribution in [2.45, 2.75) is 6.42 Å². The maximum Gasteiger partial charge on any atom is 0.177 e. The van der Waals surface area contributed by atoms with E-state index in [1.54, 1.807) is 12.5 Å². The summed E-state index contributed by atoms with van der Waals surface area (Å²) in [5.74, 6) is 0. The number of nitrogens with two attached hydrogens (primary N) is 1. The number of rotatable bonds is 3. The Bertz CT molecular complexity index is 444. The first kappa shape index (κ1) is 8.90. The van der Waals surface area contributed by atoms with E-state index < -0.39 is 0 Å². The van der Waals surface area contributed by atoms with Gasteiger partial charge in [0.15, 0.2) is 5.65 Å². The van der Waals surface area contributed by atoms with Gasteiger partial charge in [-0.15, -0.1) is 0 Å². The molecule has 72 valence electrons. The molecule has 0 spiro atoms. The molecule has 0 aliphatic heterocycles. The van der Waals surface area contributed by atoms with Crippen LogP contribution in [0.2, 0.25) is 0 Å². The second-order valence-corrected chi connectivity index (χ2v) is 3.02. The molecule has 2 heterocycles. The summed E-state index contributed by atoms with van der Waals surface area (Å²) in [6, 6.07) is 2.02. The lowest BCUT2D eigenvalue weighted by Crippen LogP contribution is -1.94. The third kappa shape index (κ3) is 1.80. The number of nitrogens with one attached hydrogen (secondary N) is 1. The van der Waals surface area contributed by atoms with E-state index in [1.807, 2.05) is 18.2 Å². The topological polar surface area (TPSA) is 67.6 Å². The lowest BCUT2D eigenvalue weighted by molar-refractivity contribution is 1.01. The van der Waals surface area contributed by atoms with Crippen LogP contribution in [0.15, 0.2) is 24.7 Å². The van der Waals surface area contributed by atoms with E-state index in [2.05, 4.69) is 15.0 Å². The second-order valence-electron chi connectivity index (χ2n) is 3.02. The lowest BCUT2D eigenvalue weighted by atomic mass is 10.2. The molecule has 3 N–H and O–H groups in total. The van der Waals surface area contributed by atoms with Gasteiger partial charge in [0.2, 0.25) is 0 Å². The Balaban J connectivity index is 2.25. The minimum absolute atomic E-state index is 0.677. The van der Waals surface area contributed by atoms with Crippen LogP contribution in [-0.4, -0.2) is 21.5 Å². The third-order valence-corrected chi connectivity index (χ3v) is 1.94. The van der Waals surface area contributed by atoms with Crippen LogP contribution in [0.4, 0.5) is 0 Å². The van der Waals surface area contributed by atoms with Crippen molar-refractivity contribution in [1.29, 1.82) is 0 Å². The van der Waals surface area contributed by atoms with Gasteiger partial charge in [-0.05, 0) is 24.6 Å². The number of hydrogen-bond acceptors (Lipinski definition) is 3. The minimum atomic E-state index is 0.677. The number of aromatic nitrogens is 3. The molecular weight excluding hydrogens is 176 g/mol. The SMILES string of the molecule is NCCC=Cc1cnc2nc[nH]c2c1. The van der Waals surface area contributed by atoms with Gasteiger partial charge in [-0.2, -0.15) is 0 Å². The number of fused-ring (bicyclic) bond motifs is 1. The Kier molecular flexibility index (Phi) is 2.55. The Hall–Kier alpha value is -1.68. The van der Waals surface area contributed by atoms with Gasteiger partial charge < -0.3 is 10.7 Å². The van der Waals surface area contributed by atoms with E-state index in [9.17, 15) is 0 Å². The molecule has 0 radical (unpaired) electrons. The van der Waals surface area contributed by atoms with Crippen LogP contribution in [0.25, 0.3) is 17.2 Å². The molecule has 0 bridgehead atoms. The van der Waals surface area contributed by atoms with Gasteiger partial charge in [0.1, 0.15) is 0 Å². The highest BCUT2D eigenvalue weighted by molar-refractivity contribution is 5.72. The monoisotopic (exact) mass is 188 g/mol. The van der Waals surface area contributed by atoms with E-state index in [1.165, 1.54) is 0 Å². The van der Waals surface area contributed by atoms with Crippen molar-refractivity contribution < 1.29 is 0 Å². The first-order chi connectivity index (χ1) is 6.90. The highest BCUT2D eigenvalue weighted by Crippen LogP contribution is 2.09. The minimum Gasteiger partial charge on any atom is -0.343 e. The van der Waals surface area contributed by atoms with Gasteiger partial charge in [0.05, 0.1) is 11.8 Å². The Morgan fingerprint density at radius 1 is 1.43 bits per heavy atom. The van der Waals surface area contributed by atoms with Crippen LogP contribution in [-0.2, 0) is 0 Å². The fraction of sp³-hybridized carbons (Fsp3) is 0.200. The number of H-pyrrole nitrogens is 1. The molecule has 0 aliphatic rings. The van der Waals surface area contributed by atoms with Crippen LogP contribution in [0.3, 0.4) is 0 Å². The molecule has 0 saturated heterocycles. The van der Waals surface area contributed by atoms with E-state index in [0.29, 0.717) is 6.54 Å². The van der Waals surface area contributed by atoms with E-state index >= 15 is 0 Å². The molecule has 14 heavy (non-hydrogen) atoms. The summed E-state index contributed by atoms with van der Waals surface area (Å²) in [4.78, 5) is 11.3. The van der Waals surface area contributed by atoms with Crippen LogP contribution < -0.4 is 5.73 Å². The fourth-order valence-corrected chi connectivity index (χ4v) is 1.25.